The molecular weight excluding hydrogens is 336 g/mol. The lowest BCUT2D eigenvalue weighted by molar-refractivity contribution is 0.295. The minimum absolute atomic E-state index is 0.338. The van der Waals surface area contributed by atoms with Gasteiger partial charge in [-0.3, -0.25) is 0 Å². The molecular formula is C22H20N4O. The monoisotopic (exact) mass is 356 g/mol. The quantitative estimate of drug-likeness (QED) is 0.587. The topological polar surface area (TPSA) is 68.2 Å². The number of nitrogens with two attached hydrogens (primary N) is 1. The van der Waals surface area contributed by atoms with Crippen molar-refractivity contribution in [3.63, 3.8) is 0 Å². The smallest absolute Gasteiger partial charge is 0.146 e. The van der Waals surface area contributed by atoms with Gasteiger partial charge in [0.15, 0.2) is 0 Å². The Balaban J connectivity index is 1.57. The Bertz CT molecular complexity index is 1120. The SMILES string of the molecule is CN1Cc2cc(-c3ccc(N)nn3)ccc2C(c2ccc3occc3c2)C1. The molecule has 0 fully saturated rings. The molecule has 0 bridgehead atoms. The molecule has 0 amide bonds. The highest BCUT2D eigenvalue weighted by Gasteiger charge is 2.25. The van der Waals surface area contributed by atoms with Gasteiger partial charge in [-0.2, -0.15) is 0 Å². The highest BCUT2D eigenvalue weighted by molar-refractivity contribution is 5.78. The van der Waals surface area contributed by atoms with E-state index in [1.54, 1.807) is 12.3 Å². The van der Waals surface area contributed by atoms with Crippen LogP contribution in [0.5, 0.6) is 0 Å². The molecule has 0 spiro atoms. The molecule has 5 nitrogen and oxygen atoms in total. The Hall–Kier alpha value is -3.18. The summed E-state index contributed by atoms with van der Waals surface area (Å²) in [5.41, 5.74) is 12.5. The van der Waals surface area contributed by atoms with Crippen LogP contribution in [0.15, 0.2) is 65.3 Å². The van der Waals surface area contributed by atoms with E-state index in [2.05, 4.69) is 58.5 Å². The average Bonchev–Trinajstić information content (AvgIpc) is 3.15. The van der Waals surface area contributed by atoms with Crippen LogP contribution in [-0.2, 0) is 6.54 Å². The average molecular weight is 356 g/mol. The van der Waals surface area contributed by atoms with Crippen molar-refractivity contribution in [2.75, 3.05) is 19.3 Å². The minimum Gasteiger partial charge on any atom is -0.464 e. The number of nitrogens with zero attached hydrogens (tertiary/aromatic N) is 3. The zero-order valence-electron chi connectivity index (χ0n) is 15.1. The zero-order chi connectivity index (χ0) is 18.4. The Labute approximate surface area is 157 Å². The first-order chi connectivity index (χ1) is 13.2. The summed E-state index contributed by atoms with van der Waals surface area (Å²) in [4.78, 5) is 2.37. The van der Waals surface area contributed by atoms with E-state index >= 15 is 0 Å². The third kappa shape index (κ3) is 2.86. The molecule has 27 heavy (non-hydrogen) atoms. The van der Waals surface area contributed by atoms with E-state index in [1.807, 2.05) is 12.1 Å². The van der Waals surface area contributed by atoms with Gasteiger partial charge in [0.2, 0.25) is 0 Å². The van der Waals surface area contributed by atoms with Gasteiger partial charge in [-0.1, -0.05) is 18.2 Å². The second kappa shape index (κ2) is 6.21. The van der Waals surface area contributed by atoms with Crippen LogP contribution in [0.4, 0.5) is 5.82 Å². The van der Waals surface area contributed by atoms with Gasteiger partial charge < -0.3 is 15.1 Å². The van der Waals surface area contributed by atoms with Crippen molar-refractivity contribution < 1.29 is 4.42 Å². The molecule has 2 aromatic carbocycles. The maximum Gasteiger partial charge on any atom is 0.146 e. The normalized spacial score (nSPS) is 17.1. The number of furan rings is 1. The van der Waals surface area contributed by atoms with Crippen molar-refractivity contribution in [1.29, 1.82) is 0 Å². The zero-order valence-corrected chi connectivity index (χ0v) is 15.1. The van der Waals surface area contributed by atoms with Gasteiger partial charge in [0.25, 0.3) is 0 Å². The van der Waals surface area contributed by atoms with Crippen LogP contribution >= 0.6 is 0 Å². The van der Waals surface area contributed by atoms with Gasteiger partial charge in [0, 0.05) is 30.0 Å². The first-order valence-electron chi connectivity index (χ1n) is 9.05. The molecule has 5 heteroatoms. The summed E-state index contributed by atoms with van der Waals surface area (Å²) >= 11 is 0. The van der Waals surface area contributed by atoms with E-state index < -0.39 is 0 Å². The number of fused-ring (bicyclic) bond motifs is 2. The number of rotatable bonds is 2. The van der Waals surface area contributed by atoms with Gasteiger partial charge in [0.1, 0.15) is 11.4 Å². The van der Waals surface area contributed by atoms with Gasteiger partial charge in [-0.25, -0.2) is 0 Å². The molecule has 5 rings (SSSR count). The van der Waals surface area contributed by atoms with Crippen molar-refractivity contribution >= 4 is 16.8 Å². The van der Waals surface area contributed by atoms with Crippen molar-refractivity contribution in [2.24, 2.45) is 0 Å². The Morgan fingerprint density at radius 1 is 1.04 bits per heavy atom. The number of anilines is 1. The number of nitrogen functional groups attached to an aromatic ring is 1. The lowest BCUT2D eigenvalue weighted by Crippen LogP contribution is -2.31. The molecule has 1 atom stereocenters. The van der Waals surface area contributed by atoms with E-state index in [9.17, 15) is 0 Å². The maximum atomic E-state index is 5.66. The first-order valence-corrected chi connectivity index (χ1v) is 9.05. The Kier molecular flexibility index (Phi) is 3.69. The van der Waals surface area contributed by atoms with Crippen LogP contribution in [0.1, 0.15) is 22.6 Å². The van der Waals surface area contributed by atoms with Crippen LogP contribution in [-0.4, -0.2) is 28.7 Å². The van der Waals surface area contributed by atoms with Gasteiger partial charge >= 0.3 is 0 Å². The number of aromatic nitrogens is 2. The van der Waals surface area contributed by atoms with Gasteiger partial charge in [-0.15, -0.1) is 10.2 Å². The first kappa shape index (κ1) is 16.0. The summed E-state index contributed by atoms with van der Waals surface area (Å²) in [7, 11) is 2.17. The highest BCUT2D eigenvalue weighted by Crippen LogP contribution is 2.36. The van der Waals surface area contributed by atoms with Crippen LogP contribution in [0, 0.1) is 0 Å². The molecule has 2 N–H and O–H groups in total. The van der Waals surface area contributed by atoms with Crippen LogP contribution < -0.4 is 5.73 Å². The summed E-state index contributed by atoms with van der Waals surface area (Å²) in [6.07, 6.45) is 1.75. The predicted octanol–water partition coefficient (Wildman–Crippen LogP) is 4.05. The lowest BCUT2D eigenvalue weighted by atomic mass is 9.83. The summed E-state index contributed by atoms with van der Waals surface area (Å²) in [6, 6.07) is 18.8. The molecule has 0 saturated heterocycles. The number of hydrogen-bond acceptors (Lipinski definition) is 5. The van der Waals surface area contributed by atoms with Crippen molar-refractivity contribution in [3.8, 4) is 11.3 Å². The molecule has 1 aliphatic rings. The van der Waals surface area contributed by atoms with Crippen LogP contribution in [0.2, 0.25) is 0 Å². The Morgan fingerprint density at radius 2 is 1.96 bits per heavy atom. The molecule has 0 radical (unpaired) electrons. The van der Waals surface area contributed by atoms with Crippen molar-refractivity contribution in [1.82, 2.24) is 15.1 Å². The van der Waals surface area contributed by atoms with Crippen molar-refractivity contribution in [2.45, 2.75) is 12.5 Å². The van der Waals surface area contributed by atoms with Gasteiger partial charge in [-0.05, 0) is 60.1 Å². The maximum absolute atomic E-state index is 5.66. The third-order valence-corrected chi connectivity index (χ3v) is 5.31. The summed E-state index contributed by atoms with van der Waals surface area (Å²) in [6.45, 7) is 1.92. The standard InChI is InChI=1S/C22H20N4O/c1-26-12-17-11-15(20-5-7-22(23)25-24-20)2-4-18(17)19(13-26)14-3-6-21-16(10-14)8-9-27-21/h2-11,19H,12-13H2,1H3,(H2,23,25). The molecule has 1 aliphatic heterocycles. The fourth-order valence-corrected chi connectivity index (χ4v) is 3.99. The molecule has 3 heterocycles. The predicted molar refractivity (Wildman–Crippen MR) is 106 cm³/mol. The fraction of sp³-hybridized carbons (Fsp3) is 0.182. The molecule has 2 aromatic heterocycles. The van der Waals surface area contributed by atoms with E-state index in [1.165, 1.54) is 16.7 Å². The number of hydrogen-bond donors (Lipinski definition) is 1. The second-order valence-electron chi connectivity index (χ2n) is 7.22. The largest absolute Gasteiger partial charge is 0.464 e. The lowest BCUT2D eigenvalue weighted by Gasteiger charge is -2.33. The van der Waals surface area contributed by atoms with E-state index in [0.29, 0.717) is 11.7 Å². The van der Waals surface area contributed by atoms with E-state index in [4.69, 9.17) is 10.2 Å². The summed E-state index contributed by atoms with van der Waals surface area (Å²) < 4.78 is 5.49. The molecule has 0 aliphatic carbocycles. The van der Waals surface area contributed by atoms with Crippen LogP contribution in [0.3, 0.4) is 0 Å². The van der Waals surface area contributed by atoms with Crippen LogP contribution in [0.25, 0.3) is 22.2 Å². The minimum atomic E-state index is 0.338. The molecule has 134 valence electrons. The molecule has 0 saturated carbocycles. The van der Waals surface area contributed by atoms with E-state index in [-0.39, 0.29) is 0 Å². The van der Waals surface area contributed by atoms with Crippen molar-refractivity contribution in [3.05, 3.63) is 77.6 Å². The highest BCUT2D eigenvalue weighted by atomic mass is 16.3. The van der Waals surface area contributed by atoms with Gasteiger partial charge in [0.05, 0.1) is 12.0 Å². The summed E-state index contributed by atoms with van der Waals surface area (Å²) in [5.74, 6) is 0.774. The molecule has 1 unspecified atom stereocenters. The van der Waals surface area contributed by atoms with E-state index in [0.717, 1.165) is 35.3 Å². The third-order valence-electron chi connectivity index (χ3n) is 5.31. The fourth-order valence-electron chi connectivity index (χ4n) is 3.99. The Morgan fingerprint density at radius 3 is 2.81 bits per heavy atom. The number of benzene rings is 2. The summed E-state index contributed by atoms with van der Waals surface area (Å²) in [5, 5.41) is 9.35. The second-order valence-corrected chi connectivity index (χ2v) is 7.22. The number of likely N-dealkylation sites (N-methyl/N-ethyl adjacent to an activating group) is 1. The molecule has 4 aromatic rings.